The minimum atomic E-state index is -0.460. The van der Waals surface area contributed by atoms with Gasteiger partial charge in [0, 0.05) is 32.3 Å². The summed E-state index contributed by atoms with van der Waals surface area (Å²) in [7, 11) is 1.60. The Bertz CT molecular complexity index is 585. The predicted molar refractivity (Wildman–Crippen MR) is 78.6 cm³/mol. The van der Waals surface area contributed by atoms with E-state index in [1.807, 2.05) is 30.3 Å². The molecule has 0 spiro atoms. The van der Waals surface area contributed by atoms with Crippen molar-refractivity contribution in [2.75, 3.05) is 26.8 Å². The van der Waals surface area contributed by atoms with Crippen molar-refractivity contribution in [3.8, 4) is 11.4 Å². The van der Waals surface area contributed by atoms with Crippen molar-refractivity contribution >= 4 is 0 Å². The van der Waals surface area contributed by atoms with Crippen LogP contribution in [-0.4, -0.2) is 57.7 Å². The van der Waals surface area contributed by atoms with Crippen LogP contribution in [-0.2, 0) is 17.8 Å². The fourth-order valence-corrected chi connectivity index (χ4v) is 2.71. The number of methoxy groups -OCH3 is 1. The maximum Gasteiger partial charge on any atom is 0.164 e. The highest BCUT2D eigenvalue weighted by molar-refractivity contribution is 5.55. The summed E-state index contributed by atoms with van der Waals surface area (Å²) in [5.74, 6) is 1.87. The second kappa shape index (κ2) is 6.34. The van der Waals surface area contributed by atoms with E-state index in [1.54, 1.807) is 7.11 Å². The first-order valence-electron chi connectivity index (χ1n) is 7.15. The smallest absolute Gasteiger partial charge is 0.164 e. The third kappa shape index (κ3) is 3.12. The average Bonchev–Trinajstić information content (AvgIpc) is 2.91. The zero-order valence-corrected chi connectivity index (χ0v) is 12.1. The summed E-state index contributed by atoms with van der Waals surface area (Å²) in [4.78, 5) is 2.18. The summed E-state index contributed by atoms with van der Waals surface area (Å²) >= 11 is 0. The van der Waals surface area contributed by atoms with Gasteiger partial charge < -0.3 is 14.4 Å². The van der Waals surface area contributed by atoms with Crippen LogP contribution in [0.3, 0.4) is 0 Å². The molecule has 1 atom stereocenters. The highest BCUT2D eigenvalue weighted by atomic mass is 16.5. The second-order valence-corrected chi connectivity index (χ2v) is 5.30. The summed E-state index contributed by atoms with van der Waals surface area (Å²) in [6, 6.07) is 10.1. The molecule has 0 saturated heterocycles. The Kier molecular flexibility index (Phi) is 4.28. The summed E-state index contributed by atoms with van der Waals surface area (Å²) in [6.07, 6.45) is -0.460. The van der Waals surface area contributed by atoms with Crippen molar-refractivity contribution in [1.29, 1.82) is 0 Å². The van der Waals surface area contributed by atoms with Crippen molar-refractivity contribution in [1.82, 2.24) is 19.7 Å². The quantitative estimate of drug-likeness (QED) is 0.880. The fourth-order valence-electron chi connectivity index (χ4n) is 2.71. The number of aromatic nitrogens is 3. The molecule has 0 fully saturated rings. The van der Waals surface area contributed by atoms with Gasteiger partial charge in [-0.25, -0.2) is 0 Å². The maximum atomic E-state index is 9.82. The van der Waals surface area contributed by atoms with E-state index in [-0.39, 0.29) is 0 Å². The van der Waals surface area contributed by atoms with E-state index in [9.17, 15) is 5.11 Å². The molecule has 3 rings (SSSR count). The molecule has 2 aromatic rings. The number of aliphatic hydroxyl groups is 1. The lowest BCUT2D eigenvalue weighted by atomic mass is 10.2. The Balaban J connectivity index is 1.73. The van der Waals surface area contributed by atoms with Crippen LogP contribution in [0.2, 0.25) is 0 Å². The van der Waals surface area contributed by atoms with Crippen molar-refractivity contribution < 1.29 is 9.84 Å². The van der Waals surface area contributed by atoms with Gasteiger partial charge >= 0.3 is 0 Å². The minimum absolute atomic E-state index is 0.360. The standard InChI is InChI=1S/C15H20N4O2/c1-21-11-13(20)9-18-7-8-19-14(10-18)16-17-15(19)12-5-3-2-4-6-12/h2-6,13,20H,7-11H2,1H3/t13-/m1/s1. The van der Waals surface area contributed by atoms with Crippen LogP contribution < -0.4 is 0 Å². The largest absolute Gasteiger partial charge is 0.389 e. The normalized spacial score (nSPS) is 16.7. The van der Waals surface area contributed by atoms with Crippen molar-refractivity contribution in [2.45, 2.75) is 19.2 Å². The number of nitrogens with zero attached hydrogens (tertiary/aromatic N) is 4. The Labute approximate surface area is 124 Å². The first kappa shape index (κ1) is 14.2. The van der Waals surface area contributed by atoms with Gasteiger partial charge in [-0.15, -0.1) is 10.2 Å². The first-order valence-corrected chi connectivity index (χ1v) is 7.15. The van der Waals surface area contributed by atoms with Crippen LogP contribution in [0.5, 0.6) is 0 Å². The highest BCUT2D eigenvalue weighted by Gasteiger charge is 2.23. The molecule has 112 valence electrons. The Morgan fingerprint density at radius 2 is 2.05 bits per heavy atom. The number of benzene rings is 1. The van der Waals surface area contributed by atoms with Gasteiger partial charge in [0.25, 0.3) is 0 Å². The lowest BCUT2D eigenvalue weighted by molar-refractivity contribution is 0.0311. The maximum absolute atomic E-state index is 9.82. The summed E-state index contributed by atoms with van der Waals surface area (Å²) in [5, 5.41) is 18.4. The Hall–Kier alpha value is -1.76. The van der Waals surface area contributed by atoms with Crippen LogP contribution in [0, 0.1) is 0 Å². The Morgan fingerprint density at radius 3 is 2.81 bits per heavy atom. The topological polar surface area (TPSA) is 63.4 Å². The number of rotatable bonds is 5. The van der Waals surface area contributed by atoms with Crippen LogP contribution >= 0.6 is 0 Å². The van der Waals surface area contributed by atoms with Crippen molar-refractivity contribution in [2.24, 2.45) is 0 Å². The molecule has 0 aliphatic carbocycles. The zero-order chi connectivity index (χ0) is 14.7. The molecular formula is C15H20N4O2. The SMILES string of the molecule is COC[C@H](O)CN1CCn2c(nnc2-c2ccccc2)C1. The third-order valence-corrected chi connectivity index (χ3v) is 3.69. The number of hydrogen-bond donors (Lipinski definition) is 1. The van der Waals surface area contributed by atoms with Crippen LogP contribution in [0.25, 0.3) is 11.4 Å². The molecule has 0 bridgehead atoms. The van der Waals surface area contributed by atoms with Gasteiger partial charge in [0.1, 0.15) is 5.82 Å². The molecule has 6 nitrogen and oxygen atoms in total. The molecule has 21 heavy (non-hydrogen) atoms. The number of β-amino-alcohol motifs (C(OH)–C–C–N with tert-alkyl or cyclic N) is 1. The molecule has 1 aromatic heterocycles. The van der Waals surface area contributed by atoms with E-state index in [4.69, 9.17) is 4.74 Å². The molecule has 1 N–H and O–H groups in total. The number of hydrogen-bond acceptors (Lipinski definition) is 5. The molecule has 1 aliphatic heterocycles. The zero-order valence-electron chi connectivity index (χ0n) is 12.1. The van der Waals surface area contributed by atoms with E-state index in [0.29, 0.717) is 19.7 Å². The Morgan fingerprint density at radius 1 is 1.24 bits per heavy atom. The molecule has 1 aliphatic rings. The van der Waals surface area contributed by atoms with Gasteiger partial charge in [0.15, 0.2) is 5.82 Å². The molecule has 0 unspecified atom stereocenters. The van der Waals surface area contributed by atoms with Gasteiger partial charge in [-0.2, -0.15) is 0 Å². The van der Waals surface area contributed by atoms with E-state index < -0.39 is 6.10 Å². The lowest BCUT2D eigenvalue weighted by Gasteiger charge is -2.29. The molecule has 6 heteroatoms. The monoisotopic (exact) mass is 288 g/mol. The average molecular weight is 288 g/mol. The first-order chi connectivity index (χ1) is 10.3. The molecule has 1 aromatic carbocycles. The highest BCUT2D eigenvalue weighted by Crippen LogP contribution is 2.21. The summed E-state index contributed by atoms with van der Waals surface area (Å²) in [5.41, 5.74) is 1.09. The third-order valence-electron chi connectivity index (χ3n) is 3.69. The van der Waals surface area contributed by atoms with Gasteiger partial charge in [-0.1, -0.05) is 30.3 Å². The summed E-state index contributed by atoms with van der Waals surface area (Å²) in [6.45, 7) is 3.39. The lowest BCUT2D eigenvalue weighted by Crippen LogP contribution is -2.40. The molecule has 0 saturated carbocycles. The molecular weight excluding hydrogens is 268 g/mol. The van der Waals surface area contributed by atoms with Gasteiger partial charge in [0.05, 0.1) is 19.3 Å². The fraction of sp³-hybridized carbons (Fsp3) is 0.467. The second-order valence-electron chi connectivity index (χ2n) is 5.30. The van der Waals surface area contributed by atoms with Crippen LogP contribution in [0.1, 0.15) is 5.82 Å². The van der Waals surface area contributed by atoms with Gasteiger partial charge in [-0.3, -0.25) is 4.90 Å². The predicted octanol–water partition coefficient (Wildman–Crippen LogP) is 0.768. The number of aliphatic hydroxyl groups excluding tert-OH is 1. The van der Waals surface area contributed by atoms with Crippen molar-refractivity contribution in [3.05, 3.63) is 36.2 Å². The van der Waals surface area contributed by atoms with E-state index in [2.05, 4.69) is 19.7 Å². The molecule has 0 amide bonds. The number of fused-ring (bicyclic) bond motifs is 1. The van der Waals surface area contributed by atoms with Crippen molar-refractivity contribution in [3.63, 3.8) is 0 Å². The van der Waals surface area contributed by atoms with Crippen LogP contribution in [0.4, 0.5) is 0 Å². The molecule has 0 radical (unpaired) electrons. The summed E-state index contributed by atoms with van der Waals surface area (Å²) < 4.78 is 7.13. The van der Waals surface area contributed by atoms with Crippen LogP contribution in [0.15, 0.2) is 30.3 Å². The van der Waals surface area contributed by atoms with Gasteiger partial charge in [0.2, 0.25) is 0 Å². The van der Waals surface area contributed by atoms with E-state index in [1.165, 1.54) is 0 Å². The minimum Gasteiger partial charge on any atom is -0.389 e. The van der Waals surface area contributed by atoms with E-state index in [0.717, 1.165) is 30.3 Å². The molecule has 2 heterocycles. The van der Waals surface area contributed by atoms with E-state index >= 15 is 0 Å². The number of ether oxygens (including phenoxy) is 1. The van der Waals surface area contributed by atoms with Gasteiger partial charge in [-0.05, 0) is 0 Å².